The zero-order valence-corrected chi connectivity index (χ0v) is 12.8. The Morgan fingerprint density at radius 2 is 2.00 bits per heavy atom. The van der Waals surface area contributed by atoms with Crippen molar-refractivity contribution in [2.24, 2.45) is 0 Å². The second kappa shape index (κ2) is 9.50. The van der Waals surface area contributed by atoms with Crippen molar-refractivity contribution in [2.75, 3.05) is 45.9 Å². The van der Waals surface area contributed by atoms with E-state index in [2.05, 4.69) is 15.5 Å². The number of morpholine rings is 1. The maximum absolute atomic E-state index is 13.4. The van der Waals surface area contributed by atoms with Crippen LogP contribution >= 0.6 is 0 Å². The summed E-state index contributed by atoms with van der Waals surface area (Å²) in [7, 11) is 0. The minimum Gasteiger partial charge on any atom is -0.379 e. The first-order chi connectivity index (χ1) is 10.8. The highest BCUT2D eigenvalue weighted by atomic mass is 19.1. The minimum absolute atomic E-state index is 0.0675. The van der Waals surface area contributed by atoms with E-state index in [0.717, 1.165) is 39.4 Å². The Kier molecular flexibility index (Phi) is 7.28. The highest BCUT2D eigenvalue weighted by Crippen LogP contribution is 2.05. The Balaban J connectivity index is 1.51. The van der Waals surface area contributed by atoms with Crippen LogP contribution in [0.2, 0.25) is 0 Å². The standard InChI is InChI=1S/C16H24FN3O2/c17-15-4-2-1-3-14(15)13-19-16(21)5-6-18-7-8-20-9-11-22-12-10-20/h1-4,18H,5-13H2,(H,19,21). The number of nitrogens with zero attached hydrogens (tertiary/aromatic N) is 1. The molecule has 1 saturated heterocycles. The first-order valence-electron chi connectivity index (χ1n) is 7.76. The van der Waals surface area contributed by atoms with Gasteiger partial charge in [-0.25, -0.2) is 4.39 Å². The van der Waals surface area contributed by atoms with Crippen LogP contribution in [-0.2, 0) is 16.1 Å². The Morgan fingerprint density at radius 3 is 2.77 bits per heavy atom. The molecule has 22 heavy (non-hydrogen) atoms. The lowest BCUT2D eigenvalue weighted by Gasteiger charge is -2.26. The molecule has 0 bridgehead atoms. The Morgan fingerprint density at radius 1 is 1.23 bits per heavy atom. The fourth-order valence-electron chi connectivity index (χ4n) is 2.31. The monoisotopic (exact) mass is 309 g/mol. The van der Waals surface area contributed by atoms with Crippen molar-refractivity contribution in [1.82, 2.24) is 15.5 Å². The van der Waals surface area contributed by atoms with Crippen LogP contribution in [0.15, 0.2) is 24.3 Å². The van der Waals surface area contributed by atoms with Crippen LogP contribution in [0.25, 0.3) is 0 Å². The quantitative estimate of drug-likeness (QED) is 0.696. The van der Waals surface area contributed by atoms with Crippen molar-refractivity contribution < 1.29 is 13.9 Å². The van der Waals surface area contributed by atoms with E-state index in [1.165, 1.54) is 6.07 Å². The molecule has 2 N–H and O–H groups in total. The Labute approximate surface area is 130 Å². The van der Waals surface area contributed by atoms with E-state index in [1.807, 2.05) is 0 Å². The summed E-state index contributed by atoms with van der Waals surface area (Å²) in [6.45, 7) is 6.26. The predicted octanol–water partition coefficient (Wildman–Crippen LogP) is 0.754. The van der Waals surface area contributed by atoms with Gasteiger partial charge >= 0.3 is 0 Å². The molecule has 0 saturated carbocycles. The molecule has 1 heterocycles. The van der Waals surface area contributed by atoms with Crippen molar-refractivity contribution in [3.63, 3.8) is 0 Å². The molecule has 122 valence electrons. The molecule has 1 aliphatic heterocycles. The molecule has 0 radical (unpaired) electrons. The average Bonchev–Trinajstić information content (AvgIpc) is 2.55. The molecule has 0 aromatic heterocycles. The molecule has 5 nitrogen and oxygen atoms in total. The van der Waals surface area contributed by atoms with Gasteiger partial charge in [-0.1, -0.05) is 18.2 Å². The van der Waals surface area contributed by atoms with E-state index < -0.39 is 0 Å². The molecule has 1 amide bonds. The van der Waals surface area contributed by atoms with Crippen LogP contribution in [0.1, 0.15) is 12.0 Å². The number of ether oxygens (including phenoxy) is 1. The zero-order chi connectivity index (χ0) is 15.6. The van der Waals surface area contributed by atoms with E-state index in [0.29, 0.717) is 18.5 Å². The SMILES string of the molecule is O=C(CCNCCN1CCOCC1)NCc1ccccc1F. The number of rotatable bonds is 8. The molecule has 0 aliphatic carbocycles. The van der Waals surface area contributed by atoms with Gasteiger partial charge in [-0.2, -0.15) is 0 Å². The van der Waals surface area contributed by atoms with Crippen LogP contribution in [-0.4, -0.2) is 56.7 Å². The van der Waals surface area contributed by atoms with Crippen molar-refractivity contribution >= 4 is 5.91 Å². The molecule has 1 aromatic rings. The highest BCUT2D eigenvalue weighted by Gasteiger charge is 2.09. The summed E-state index contributed by atoms with van der Waals surface area (Å²) in [5.41, 5.74) is 0.510. The summed E-state index contributed by atoms with van der Waals surface area (Å²) in [5.74, 6) is -0.353. The smallest absolute Gasteiger partial charge is 0.221 e. The third kappa shape index (κ3) is 6.09. The van der Waals surface area contributed by atoms with Crippen LogP contribution < -0.4 is 10.6 Å². The van der Waals surface area contributed by atoms with E-state index in [9.17, 15) is 9.18 Å². The number of hydrogen-bond donors (Lipinski definition) is 2. The molecule has 1 aromatic carbocycles. The summed E-state index contributed by atoms with van der Waals surface area (Å²) in [4.78, 5) is 14.0. The average molecular weight is 309 g/mol. The van der Waals surface area contributed by atoms with Gasteiger partial charge in [0, 0.05) is 51.3 Å². The van der Waals surface area contributed by atoms with Gasteiger partial charge in [-0.15, -0.1) is 0 Å². The second-order valence-corrected chi connectivity index (χ2v) is 5.32. The summed E-state index contributed by atoms with van der Waals surface area (Å²) >= 11 is 0. The molecule has 0 spiro atoms. The van der Waals surface area contributed by atoms with Gasteiger partial charge in [0.2, 0.25) is 5.91 Å². The van der Waals surface area contributed by atoms with Crippen molar-refractivity contribution in [2.45, 2.75) is 13.0 Å². The predicted molar refractivity (Wildman–Crippen MR) is 83.0 cm³/mol. The number of halogens is 1. The Bertz CT molecular complexity index is 464. The third-order valence-corrected chi connectivity index (χ3v) is 3.67. The number of nitrogens with one attached hydrogen (secondary N) is 2. The molecule has 1 fully saturated rings. The van der Waals surface area contributed by atoms with Gasteiger partial charge in [0.15, 0.2) is 0 Å². The number of benzene rings is 1. The largest absolute Gasteiger partial charge is 0.379 e. The second-order valence-electron chi connectivity index (χ2n) is 5.32. The van der Waals surface area contributed by atoms with E-state index in [4.69, 9.17) is 4.74 Å². The molecular weight excluding hydrogens is 285 g/mol. The molecule has 6 heteroatoms. The van der Waals surface area contributed by atoms with Crippen LogP contribution in [0, 0.1) is 5.82 Å². The summed E-state index contributed by atoms with van der Waals surface area (Å²) < 4.78 is 18.7. The Hall–Kier alpha value is -1.50. The highest BCUT2D eigenvalue weighted by molar-refractivity contribution is 5.76. The maximum Gasteiger partial charge on any atom is 0.221 e. The molecule has 0 unspecified atom stereocenters. The molecule has 2 rings (SSSR count). The molecule has 0 atom stereocenters. The maximum atomic E-state index is 13.4. The van der Waals surface area contributed by atoms with Gasteiger partial charge in [-0.3, -0.25) is 9.69 Å². The number of carbonyl (C=O) groups excluding carboxylic acids is 1. The van der Waals surface area contributed by atoms with Gasteiger partial charge < -0.3 is 15.4 Å². The van der Waals surface area contributed by atoms with Crippen LogP contribution in [0.5, 0.6) is 0 Å². The lowest BCUT2D eigenvalue weighted by Crippen LogP contribution is -2.40. The summed E-state index contributed by atoms with van der Waals surface area (Å²) in [5, 5.41) is 5.99. The fourth-order valence-corrected chi connectivity index (χ4v) is 2.31. The van der Waals surface area contributed by atoms with E-state index in [1.54, 1.807) is 18.2 Å². The molecular formula is C16H24FN3O2. The first-order valence-corrected chi connectivity index (χ1v) is 7.76. The summed E-state index contributed by atoms with van der Waals surface area (Å²) in [6.07, 6.45) is 0.400. The zero-order valence-electron chi connectivity index (χ0n) is 12.8. The van der Waals surface area contributed by atoms with Crippen LogP contribution in [0.3, 0.4) is 0 Å². The minimum atomic E-state index is -0.286. The van der Waals surface area contributed by atoms with Crippen molar-refractivity contribution in [3.05, 3.63) is 35.6 Å². The lowest BCUT2D eigenvalue weighted by molar-refractivity contribution is -0.121. The number of amides is 1. The first kappa shape index (κ1) is 16.9. The molecule has 1 aliphatic rings. The normalized spacial score (nSPS) is 15.7. The van der Waals surface area contributed by atoms with E-state index in [-0.39, 0.29) is 18.3 Å². The topological polar surface area (TPSA) is 53.6 Å². The van der Waals surface area contributed by atoms with Gasteiger partial charge in [0.1, 0.15) is 5.82 Å². The van der Waals surface area contributed by atoms with Crippen molar-refractivity contribution in [1.29, 1.82) is 0 Å². The summed E-state index contributed by atoms with van der Waals surface area (Å²) in [6, 6.07) is 6.47. The van der Waals surface area contributed by atoms with E-state index >= 15 is 0 Å². The third-order valence-electron chi connectivity index (χ3n) is 3.67. The fraction of sp³-hybridized carbons (Fsp3) is 0.562. The van der Waals surface area contributed by atoms with Gasteiger partial charge in [0.05, 0.1) is 13.2 Å². The number of hydrogen-bond acceptors (Lipinski definition) is 4. The van der Waals surface area contributed by atoms with Crippen molar-refractivity contribution in [3.8, 4) is 0 Å². The number of carbonyl (C=O) groups is 1. The lowest BCUT2D eigenvalue weighted by atomic mass is 10.2. The van der Waals surface area contributed by atoms with Gasteiger partial charge in [0.25, 0.3) is 0 Å². The van der Waals surface area contributed by atoms with Gasteiger partial charge in [-0.05, 0) is 6.07 Å². The van der Waals surface area contributed by atoms with Crippen LogP contribution in [0.4, 0.5) is 4.39 Å².